The zero-order chi connectivity index (χ0) is 13.5. The van der Waals surface area contributed by atoms with Crippen LogP contribution in [0.15, 0.2) is 5.16 Å². The summed E-state index contributed by atoms with van der Waals surface area (Å²) in [7, 11) is 0. The molecule has 0 aromatic heterocycles. The van der Waals surface area contributed by atoms with Gasteiger partial charge >= 0.3 is 0 Å². The summed E-state index contributed by atoms with van der Waals surface area (Å²) in [6.07, 6.45) is 8.55. The van der Waals surface area contributed by atoms with Gasteiger partial charge in [-0.2, -0.15) is 0 Å². The van der Waals surface area contributed by atoms with Crippen LogP contribution < -0.4 is 5.73 Å². The number of hydrogen-bond donors (Lipinski definition) is 2. The minimum absolute atomic E-state index is 0.353. The quantitative estimate of drug-likeness (QED) is 0.252. The van der Waals surface area contributed by atoms with Gasteiger partial charge in [0.15, 0.2) is 0 Å². The molecule has 0 unspecified atom stereocenters. The van der Waals surface area contributed by atoms with Crippen LogP contribution in [-0.4, -0.2) is 59.6 Å². The van der Waals surface area contributed by atoms with Gasteiger partial charge in [-0.3, -0.25) is 4.90 Å². The molecule has 0 aromatic rings. The Hall–Kier alpha value is -0.810. The van der Waals surface area contributed by atoms with Crippen molar-refractivity contribution < 1.29 is 5.21 Å². The molecule has 1 saturated carbocycles. The number of nitrogens with two attached hydrogens (primary N) is 1. The Labute approximate surface area is 116 Å². The van der Waals surface area contributed by atoms with Gasteiger partial charge in [0.05, 0.1) is 0 Å². The van der Waals surface area contributed by atoms with Gasteiger partial charge in [0.1, 0.15) is 5.84 Å². The van der Waals surface area contributed by atoms with Gasteiger partial charge < -0.3 is 15.8 Å². The smallest absolute Gasteiger partial charge is 0.139 e. The molecule has 0 aromatic carbocycles. The first kappa shape index (κ1) is 14.6. The van der Waals surface area contributed by atoms with E-state index in [0.29, 0.717) is 12.3 Å². The molecule has 5 heteroatoms. The molecule has 2 fully saturated rings. The van der Waals surface area contributed by atoms with Gasteiger partial charge in [-0.15, -0.1) is 0 Å². The van der Waals surface area contributed by atoms with Crippen molar-refractivity contribution >= 4 is 5.84 Å². The second kappa shape index (κ2) is 7.70. The standard InChI is InChI=1S/C14H28N4O/c15-14(16-19)7-3-4-8-17-9-11-18(12-10-17)13-5-1-2-6-13/h13,19H,1-12H2,(H2,15,16). The number of rotatable bonds is 6. The zero-order valence-corrected chi connectivity index (χ0v) is 11.9. The Morgan fingerprint density at radius 2 is 1.79 bits per heavy atom. The van der Waals surface area contributed by atoms with Gasteiger partial charge in [0.2, 0.25) is 0 Å². The van der Waals surface area contributed by atoms with E-state index in [9.17, 15) is 0 Å². The maximum atomic E-state index is 8.46. The third kappa shape index (κ3) is 4.66. The van der Waals surface area contributed by atoms with E-state index in [2.05, 4.69) is 15.0 Å². The second-order valence-electron chi connectivity index (χ2n) is 5.86. The highest BCUT2D eigenvalue weighted by Crippen LogP contribution is 2.24. The van der Waals surface area contributed by atoms with Crippen molar-refractivity contribution in [2.45, 2.75) is 51.0 Å². The number of nitrogens with zero attached hydrogens (tertiary/aromatic N) is 3. The predicted octanol–water partition coefficient (Wildman–Crippen LogP) is 1.46. The molecule has 19 heavy (non-hydrogen) atoms. The van der Waals surface area contributed by atoms with E-state index in [1.54, 1.807) is 0 Å². The summed E-state index contributed by atoms with van der Waals surface area (Å²) in [6.45, 7) is 6.05. The number of oxime groups is 1. The van der Waals surface area contributed by atoms with Crippen molar-refractivity contribution in [3.8, 4) is 0 Å². The van der Waals surface area contributed by atoms with E-state index in [1.165, 1.54) is 51.9 Å². The molecule has 2 rings (SSSR count). The summed E-state index contributed by atoms with van der Waals surface area (Å²) in [5.41, 5.74) is 5.46. The largest absolute Gasteiger partial charge is 0.409 e. The number of amidine groups is 1. The Bertz CT molecular complexity index is 281. The van der Waals surface area contributed by atoms with Crippen LogP contribution in [0.3, 0.4) is 0 Å². The summed E-state index contributed by atoms with van der Waals surface area (Å²) in [6, 6.07) is 0.878. The predicted molar refractivity (Wildman–Crippen MR) is 77.5 cm³/mol. The van der Waals surface area contributed by atoms with E-state index in [0.717, 1.165) is 25.4 Å². The summed E-state index contributed by atoms with van der Waals surface area (Å²) >= 11 is 0. The maximum Gasteiger partial charge on any atom is 0.139 e. The highest BCUT2D eigenvalue weighted by Gasteiger charge is 2.25. The lowest BCUT2D eigenvalue weighted by molar-refractivity contribution is 0.0969. The van der Waals surface area contributed by atoms with Gasteiger partial charge in [-0.1, -0.05) is 18.0 Å². The Morgan fingerprint density at radius 3 is 2.42 bits per heavy atom. The maximum absolute atomic E-state index is 8.46. The average Bonchev–Trinajstić information content (AvgIpc) is 2.98. The number of unbranched alkanes of at least 4 members (excludes halogenated alkanes) is 1. The van der Waals surface area contributed by atoms with Crippen LogP contribution in [0, 0.1) is 0 Å². The molecule has 1 aliphatic carbocycles. The molecule has 0 bridgehead atoms. The van der Waals surface area contributed by atoms with E-state index >= 15 is 0 Å². The topological polar surface area (TPSA) is 65.1 Å². The average molecular weight is 268 g/mol. The minimum Gasteiger partial charge on any atom is -0.409 e. The summed E-state index contributed by atoms with van der Waals surface area (Å²) < 4.78 is 0. The highest BCUT2D eigenvalue weighted by molar-refractivity contribution is 5.79. The third-order valence-electron chi connectivity index (χ3n) is 4.53. The molecule has 110 valence electrons. The molecule has 3 N–H and O–H groups in total. The van der Waals surface area contributed by atoms with Crippen LogP contribution in [-0.2, 0) is 0 Å². The van der Waals surface area contributed by atoms with Crippen molar-refractivity contribution in [2.24, 2.45) is 10.9 Å². The van der Waals surface area contributed by atoms with Gasteiger partial charge in [0.25, 0.3) is 0 Å². The summed E-state index contributed by atoms with van der Waals surface area (Å²) in [5, 5.41) is 11.5. The van der Waals surface area contributed by atoms with Crippen LogP contribution in [0.5, 0.6) is 0 Å². The van der Waals surface area contributed by atoms with Crippen LogP contribution in [0.25, 0.3) is 0 Å². The Morgan fingerprint density at radius 1 is 1.11 bits per heavy atom. The summed E-state index contributed by atoms with van der Waals surface area (Å²) in [5.74, 6) is 0.353. The molecule has 0 spiro atoms. The first-order valence-corrected chi connectivity index (χ1v) is 7.72. The molecule has 2 aliphatic rings. The fourth-order valence-corrected chi connectivity index (χ4v) is 3.31. The lowest BCUT2D eigenvalue weighted by Crippen LogP contribution is -2.49. The molecular formula is C14H28N4O. The SMILES string of the molecule is NC(CCCCN1CCN(C2CCCC2)CC1)=NO. The van der Waals surface area contributed by atoms with Crippen molar-refractivity contribution in [1.82, 2.24) is 9.80 Å². The van der Waals surface area contributed by atoms with Crippen molar-refractivity contribution in [3.05, 3.63) is 0 Å². The van der Waals surface area contributed by atoms with E-state index < -0.39 is 0 Å². The second-order valence-corrected chi connectivity index (χ2v) is 5.86. The van der Waals surface area contributed by atoms with Crippen molar-refractivity contribution in [1.29, 1.82) is 0 Å². The van der Waals surface area contributed by atoms with Gasteiger partial charge in [0, 0.05) is 38.6 Å². The van der Waals surface area contributed by atoms with Crippen molar-refractivity contribution in [3.63, 3.8) is 0 Å². The molecule has 5 nitrogen and oxygen atoms in total. The number of hydrogen-bond acceptors (Lipinski definition) is 4. The lowest BCUT2D eigenvalue weighted by atomic mass is 10.1. The van der Waals surface area contributed by atoms with E-state index in [-0.39, 0.29) is 0 Å². The first-order valence-electron chi connectivity index (χ1n) is 7.72. The monoisotopic (exact) mass is 268 g/mol. The Balaban J connectivity index is 1.56. The molecule has 1 heterocycles. The molecule has 0 radical (unpaired) electrons. The normalized spacial score (nSPS) is 24.1. The zero-order valence-electron chi connectivity index (χ0n) is 11.9. The number of piperazine rings is 1. The van der Waals surface area contributed by atoms with Crippen LogP contribution in [0.2, 0.25) is 0 Å². The molecular weight excluding hydrogens is 240 g/mol. The fraction of sp³-hybridized carbons (Fsp3) is 0.929. The van der Waals surface area contributed by atoms with Crippen LogP contribution in [0.1, 0.15) is 44.9 Å². The molecule has 0 amide bonds. The highest BCUT2D eigenvalue weighted by atomic mass is 16.4. The molecule has 1 saturated heterocycles. The molecule has 1 aliphatic heterocycles. The van der Waals surface area contributed by atoms with Crippen molar-refractivity contribution in [2.75, 3.05) is 32.7 Å². The van der Waals surface area contributed by atoms with Gasteiger partial charge in [-0.25, -0.2) is 0 Å². The fourth-order valence-electron chi connectivity index (χ4n) is 3.31. The van der Waals surface area contributed by atoms with E-state index in [4.69, 9.17) is 10.9 Å². The summed E-state index contributed by atoms with van der Waals surface area (Å²) in [4.78, 5) is 5.25. The Kier molecular flexibility index (Phi) is 5.92. The lowest BCUT2D eigenvalue weighted by Gasteiger charge is -2.38. The van der Waals surface area contributed by atoms with E-state index in [1.807, 2.05) is 0 Å². The minimum atomic E-state index is 0.353. The first-order chi connectivity index (χ1) is 9.29. The van der Waals surface area contributed by atoms with Gasteiger partial charge in [-0.05, 0) is 32.2 Å². The van der Waals surface area contributed by atoms with Crippen LogP contribution >= 0.6 is 0 Å². The van der Waals surface area contributed by atoms with Crippen LogP contribution in [0.4, 0.5) is 0 Å². The molecule has 0 atom stereocenters. The third-order valence-corrected chi connectivity index (χ3v) is 4.53.